The van der Waals surface area contributed by atoms with Crippen LogP contribution in [0.1, 0.15) is 59.9 Å². The van der Waals surface area contributed by atoms with Crippen LogP contribution in [-0.4, -0.2) is 15.0 Å². The molecule has 5 saturated carbocycles. The van der Waals surface area contributed by atoms with Gasteiger partial charge in [-0.15, -0.1) is 0 Å². The van der Waals surface area contributed by atoms with E-state index < -0.39 is 5.41 Å². The summed E-state index contributed by atoms with van der Waals surface area (Å²) in [6.45, 7) is 0. The zero-order chi connectivity index (χ0) is 42.3. The van der Waals surface area contributed by atoms with Crippen molar-refractivity contribution in [1.29, 1.82) is 0 Å². The van der Waals surface area contributed by atoms with Gasteiger partial charge in [-0.25, -0.2) is 15.0 Å². The molecule has 5 fully saturated rings. The van der Waals surface area contributed by atoms with E-state index in [4.69, 9.17) is 19.7 Å². The van der Waals surface area contributed by atoms with Gasteiger partial charge in [0.25, 0.3) is 0 Å². The maximum atomic E-state index is 7.15. The van der Waals surface area contributed by atoms with Crippen LogP contribution < -0.4 is 4.74 Å². The average molecular weight is 834 g/mol. The normalized spacial score (nSPS) is 26.7. The van der Waals surface area contributed by atoms with E-state index >= 15 is 0 Å². The van der Waals surface area contributed by atoms with E-state index in [9.17, 15) is 0 Å². The van der Waals surface area contributed by atoms with Crippen LogP contribution in [-0.2, 0) is 10.8 Å². The summed E-state index contributed by atoms with van der Waals surface area (Å²) in [5.41, 5.74) is 15.1. The Morgan fingerprint density at radius 3 is 1.88 bits per heavy atom. The number of benzene rings is 8. The molecule has 2 heterocycles. The monoisotopic (exact) mass is 833 g/mol. The summed E-state index contributed by atoms with van der Waals surface area (Å²) in [6.07, 6.45) is 7.30. The van der Waals surface area contributed by atoms with Crippen LogP contribution in [0, 0.1) is 28.6 Å². The predicted molar refractivity (Wildman–Crippen MR) is 257 cm³/mol. The fraction of sp³-hybridized carbons (Fsp3) is 0.197. The second kappa shape index (κ2) is 11.9. The van der Waals surface area contributed by atoms with Gasteiger partial charge >= 0.3 is 0 Å². The highest BCUT2D eigenvalue weighted by Gasteiger charge is 2.99. The Morgan fingerprint density at radius 2 is 1.08 bits per heavy atom. The van der Waals surface area contributed by atoms with Crippen LogP contribution in [0.15, 0.2) is 182 Å². The van der Waals surface area contributed by atoms with Gasteiger partial charge in [0, 0.05) is 38.8 Å². The van der Waals surface area contributed by atoms with Crippen LogP contribution in [0.5, 0.6) is 11.5 Å². The number of rotatable bonds is 5. The minimum atomic E-state index is -0.560. The minimum absolute atomic E-state index is 0.380. The Kier molecular flexibility index (Phi) is 6.47. The van der Waals surface area contributed by atoms with Gasteiger partial charge in [0.05, 0.1) is 5.41 Å². The maximum Gasteiger partial charge on any atom is 0.164 e. The molecule has 16 rings (SSSR count). The highest BCUT2D eigenvalue weighted by molar-refractivity contribution is 5.93. The van der Waals surface area contributed by atoms with Gasteiger partial charge in [-0.05, 0) is 117 Å². The third kappa shape index (κ3) is 4.15. The molecule has 1 aromatic heterocycles. The van der Waals surface area contributed by atoms with Gasteiger partial charge in [-0.1, -0.05) is 170 Å². The number of ether oxygens (including phenoxy) is 1. The van der Waals surface area contributed by atoms with Crippen molar-refractivity contribution in [3.63, 3.8) is 0 Å². The topological polar surface area (TPSA) is 47.9 Å². The number of nitrogens with zero attached hydrogens (tertiary/aromatic N) is 3. The minimum Gasteiger partial charge on any atom is -0.456 e. The van der Waals surface area contributed by atoms with Crippen molar-refractivity contribution in [2.45, 2.75) is 42.9 Å². The summed E-state index contributed by atoms with van der Waals surface area (Å²) in [5, 5.41) is 2.35. The first-order valence-corrected chi connectivity index (χ1v) is 23.7. The molecular weight excluding hydrogens is 791 g/mol. The second-order valence-corrected chi connectivity index (χ2v) is 20.5. The molecule has 4 heteroatoms. The van der Waals surface area contributed by atoms with E-state index in [-0.39, 0.29) is 0 Å². The molecule has 3 unspecified atom stereocenters. The largest absolute Gasteiger partial charge is 0.456 e. The Labute approximate surface area is 378 Å². The molecule has 6 atom stereocenters. The zero-order valence-electron chi connectivity index (χ0n) is 35.8. The van der Waals surface area contributed by atoms with Crippen LogP contribution in [0.25, 0.3) is 67.2 Å². The fourth-order valence-corrected chi connectivity index (χ4v) is 16.1. The molecule has 2 bridgehead atoms. The molecule has 6 aliphatic carbocycles. The predicted octanol–water partition coefficient (Wildman–Crippen LogP) is 14.2. The van der Waals surface area contributed by atoms with Crippen molar-refractivity contribution in [3.05, 3.63) is 210 Å². The summed E-state index contributed by atoms with van der Waals surface area (Å²) in [4.78, 5) is 16.1. The lowest BCUT2D eigenvalue weighted by Gasteiger charge is -2.52. The lowest BCUT2D eigenvalue weighted by molar-refractivity contribution is 0.0357. The third-order valence-electron chi connectivity index (χ3n) is 18.0. The quantitative estimate of drug-likeness (QED) is 0.173. The molecule has 7 aliphatic rings. The average Bonchev–Trinajstić information content (AvgIpc) is 3.47. The molecule has 1 aliphatic heterocycles. The molecule has 9 aromatic rings. The van der Waals surface area contributed by atoms with Gasteiger partial charge in [-0.2, -0.15) is 0 Å². The van der Waals surface area contributed by atoms with Crippen molar-refractivity contribution in [2.24, 2.45) is 28.6 Å². The molecule has 0 amide bonds. The smallest absolute Gasteiger partial charge is 0.164 e. The summed E-state index contributed by atoms with van der Waals surface area (Å²) in [5.74, 6) is 6.57. The Balaban J connectivity index is 0.870. The van der Waals surface area contributed by atoms with Gasteiger partial charge in [0.2, 0.25) is 0 Å². The number of hydrogen-bond acceptors (Lipinski definition) is 4. The summed E-state index contributed by atoms with van der Waals surface area (Å²) < 4.78 is 7.15. The van der Waals surface area contributed by atoms with E-state index in [0.717, 1.165) is 73.6 Å². The Morgan fingerprint density at radius 1 is 0.462 bits per heavy atom. The second-order valence-electron chi connectivity index (χ2n) is 20.5. The Hall–Kier alpha value is -7.17. The van der Waals surface area contributed by atoms with Crippen molar-refractivity contribution < 1.29 is 4.74 Å². The van der Waals surface area contributed by atoms with Gasteiger partial charge < -0.3 is 4.74 Å². The van der Waals surface area contributed by atoms with Crippen molar-refractivity contribution >= 4 is 10.8 Å². The molecule has 0 radical (unpaired) electrons. The van der Waals surface area contributed by atoms with E-state index in [1.54, 1.807) is 5.56 Å². The van der Waals surface area contributed by atoms with E-state index in [0.29, 0.717) is 33.7 Å². The SMILES string of the molecule is c1ccc2c(c1)Oc1c(-c3ccccc3-c3nc(-c4ccc(C56C[C@@H]7CC8C[C@@]9(C5)C6[C@@]89C7)cc4)nc(-c4ccc5ccccc5c4)n3)cccc1C21c2ccccc2-c2ccccc21. The van der Waals surface area contributed by atoms with Crippen LogP contribution in [0.2, 0.25) is 0 Å². The van der Waals surface area contributed by atoms with Crippen molar-refractivity contribution in [3.8, 4) is 67.9 Å². The van der Waals surface area contributed by atoms with Crippen LogP contribution >= 0.6 is 0 Å². The number of aromatic nitrogens is 3. The molecule has 3 spiro atoms. The summed E-state index contributed by atoms with van der Waals surface area (Å²) in [6, 6.07) is 66.2. The van der Waals surface area contributed by atoms with Gasteiger partial charge in [-0.3, -0.25) is 0 Å². The molecular formula is C61H43N3O. The molecule has 308 valence electrons. The first-order chi connectivity index (χ1) is 32.1. The van der Waals surface area contributed by atoms with Crippen LogP contribution in [0.4, 0.5) is 0 Å². The molecule has 65 heavy (non-hydrogen) atoms. The highest BCUT2D eigenvalue weighted by atomic mass is 16.5. The van der Waals surface area contributed by atoms with Crippen molar-refractivity contribution in [1.82, 2.24) is 15.0 Å². The zero-order valence-corrected chi connectivity index (χ0v) is 35.8. The first kappa shape index (κ1) is 35.2. The van der Waals surface area contributed by atoms with Gasteiger partial charge in [0.15, 0.2) is 17.5 Å². The highest BCUT2D eigenvalue weighted by Crippen LogP contribution is 3.03. The molecule has 0 N–H and O–H groups in total. The Bertz CT molecular complexity index is 3520. The van der Waals surface area contributed by atoms with E-state index in [2.05, 4.69) is 182 Å². The lowest BCUT2D eigenvalue weighted by Crippen LogP contribution is -2.46. The maximum absolute atomic E-state index is 7.15. The van der Waals surface area contributed by atoms with Crippen molar-refractivity contribution in [2.75, 3.05) is 0 Å². The lowest BCUT2D eigenvalue weighted by atomic mass is 9.52. The molecule has 0 saturated heterocycles. The number of fused-ring (bicyclic) bond motifs is 11. The van der Waals surface area contributed by atoms with E-state index in [1.165, 1.54) is 59.7 Å². The fourth-order valence-electron chi connectivity index (χ4n) is 16.1. The van der Waals surface area contributed by atoms with Gasteiger partial charge in [0.1, 0.15) is 11.5 Å². The standard InChI is InChI=1S/C61H43N3O/c1-2-13-39-31-40(25-24-37(39)12-1)55-62-54(38-26-28-41(29-27-38)58-32-36-30-42-34-59(35-58)57(58)60(42,59)33-36)63-56(64-55)47-17-4-3-14-43(47)46-18-11-22-51-53(46)65-52-23-10-9-21-50(52)61(51)48-19-7-5-15-44(48)45-16-6-8-20-49(45)61/h1-29,31,36,42,57H,30,32-35H2/t36-,42?,57?,58?,59+,60+/m0/s1. The van der Waals surface area contributed by atoms with E-state index in [1.807, 2.05) is 0 Å². The molecule has 4 nitrogen and oxygen atoms in total. The molecule has 8 aromatic carbocycles. The summed E-state index contributed by atoms with van der Waals surface area (Å²) in [7, 11) is 0. The summed E-state index contributed by atoms with van der Waals surface area (Å²) >= 11 is 0. The first-order valence-electron chi connectivity index (χ1n) is 23.7. The third-order valence-corrected chi connectivity index (χ3v) is 18.0. The number of para-hydroxylation sites is 2. The van der Waals surface area contributed by atoms with Crippen LogP contribution in [0.3, 0.4) is 0 Å². The number of hydrogen-bond donors (Lipinski definition) is 0.